The molecule has 0 radical (unpaired) electrons. The molecular formula is C14H18N4O4. The number of nitrogens with one attached hydrogen (secondary N) is 2. The summed E-state index contributed by atoms with van der Waals surface area (Å²) in [4.78, 5) is 39.1. The summed E-state index contributed by atoms with van der Waals surface area (Å²) in [6, 6.07) is 0.671. The van der Waals surface area contributed by atoms with Crippen LogP contribution in [-0.4, -0.2) is 39.6 Å². The van der Waals surface area contributed by atoms with Gasteiger partial charge in [-0.2, -0.15) is 0 Å². The Labute approximate surface area is 126 Å². The highest BCUT2D eigenvalue weighted by atomic mass is 16.5. The lowest BCUT2D eigenvalue weighted by molar-refractivity contribution is -0.144. The molecule has 0 spiro atoms. The average Bonchev–Trinajstić information content (AvgIpc) is 2.83. The average molecular weight is 306 g/mol. The van der Waals surface area contributed by atoms with Gasteiger partial charge in [0.15, 0.2) is 5.65 Å². The first kappa shape index (κ1) is 15.7. The number of aryl methyl sites for hydroxylation is 2. The van der Waals surface area contributed by atoms with Crippen LogP contribution in [0, 0.1) is 13.8 Å². The molecular weight excluding hydrogens is 288 g/mol. The minimum Gasteiger partial charge on any atom is -0.467 e. The minimum atomic E-state index is -0.721. The monoisotopic (exact) mass is 306 g/mol. The normalized spacial score (nSPS) is 12.2. The molecule has 0 saturated carbocycles. The second-order valence-electron chi connectivity index (χ2n) is 5.06. The van der Waals surface area contributed by atoms with Crippen molar-refractivity contribution < 1.29 is 14.3 Å². The second-order valence-corrected chi connectivity index (χ2v) is 5.06. The highest BCUT2D eigenvalue weighted by molar-refractivity contribution is 5.85. The number of hydrogen-bond donors (Lipinski definition) is 2. The Morgan fingerprint density at radius 3 is 2.77 bits per heavy atom. The Morgan fingerprint density at radius 1 is 1.45 bits per heavy atom. The van der Waals surface area contributed by atoms with Gasteiger partial charge in [-0.3, -0.25) is 14.7 Å². The molecule has 118 valence electrons. The summed E-state index contributed by atoms with van der Waals surface area (Å²) < 4.78 is 6.10. The lowest BCUT2D eigenvalue weighted by Gasteiger charge is -2.14. The summed E-state index contributed by atoms with van der Waals surface area (Å²) in [5, 5.41) is 5.19. The first-order chi connectivity index (χ1) is 10.3. The molecule has 2 heterocycles. The summed E-state index contributed by atoms with van der Waals surface area (Å²) in [6.07, 6.45) is 0.0577. The van der Waals surface area contributed by atoms with E-state index >= 15 is 0 Å². The van der Waals surface area contributed by atoms with E-state index in [1.165, 1.54) is 13.2 Å². The van der Waals surface area contributed by atoms with E-state index in [2.05, 4.69) is 20.1 Å². The van der Waals surface area contributed by atoms with Crippen molar-refractivity contribution in [1.82, 2.24) is 19.9 Å². The number of H-pyrrole nitrogens is 1. The van der Waals surface area contributed by atoms with Crippen LogP contribution in [0.2, 0.25) is 0 Å². The summed E-state index contributed by atoms with van der Waals surface area (Å²) in [7, 11) is 1.26. The van der Waals surface area contributed by atoms with Gasteiger partial charge in [-0.25, -0.2) is 14.3 Å². The van der Waals surface area contributed by atoms with E-state index < -0.39 is 12.0 Å². The van der Waals surface area contributed by atoms with Gasteiger partial charge < -0.3 is 10.1 Å². The van der Waals surface area contributed by atoms with Crippen LogP contribution in [0.1, 0.15) is 23.9 Å². The second kappa shape index (κ2) is 6.00. The fourth-order valence-corrected chi connectivity index (χ4v) is 2.30. The maximum Gasteiger partial charge on any atom is 0.328 e. The predicted molar refractivity (Wildman–Crippen MR) is 78.6 cm³/mol. The SMILES string of the molecule is COC(=O)[C@H](C)NC(=O)Cc1c(C)nc2cc(=O)[nH]n2c1C. The first-order valence-corrected chi connectivity index (χ1v) is 6.78. The summed E-state index contributed by atoms with van der Waals surface area (Å²) >= 11 is 0. The van der Waals surface area contributed by atoms with E-state index in [4.69, 9.17) is 0 Å². The highest BCUT2D eigenvalue weighted by Gasteiger charge is 2.18. The van der Waals surface area contributed by atoms with Gasteiger partial charge in [0.05, 0.1) is 13.5 Å². The lowest BCUT2D eigenvalue weighted by Crippen LogP contribution is -2.40. The van der Waals surface area contributed by atoms with Crippen molar-refractivity contribution in [3.8, 4) is 0 Å². The van der Waals surface area contributed by atoms with Crippen molar-refractivity contribution >= 4 is 17.5 Å². The van der Waals surface area contributed by atoms with Gasteiger partial charge in [0.25, 0.3) is 5.56 Å². The van der Waals surface area contributed by atoms with Crippen molar-refractivity contribution in [2.24, 2.45) is 0 Å². The molecule has 22 heavy (non-hydrogen) atoms. The number of ether oxygens (including phenoxy) is 1. The Kier molecular flexibility index (Phi) is 4.30. The maximum absolute atomic E-state index is 12.1. The largest absolute Gasteiger partial charge is 0.467 e. The van der Waals surface area contributed by atoms with Gasteiger partial charge in [0, 0.05) is 23.0 Å². The number of hydrogen-bond acceptors (Lipinski definition) is 5. The number of fused-ring (bicyclic) bond motifs is 1. The molecule has 2 N–H and O–H groups in total. The van der Waals surface area contributed by atoms with E-state index in [1.54, 1.807) is 25.3 Å². The topological polar surface area (TPSA) is 106 Å². The van der Waals surface area contributed by atoms with Gasteiger partial charge in [-0.1, -0.05) is 0 Å². The molecule has 0 fully saturated rings. The fraction of sp³-hybridized carbons (Fsp3) is 0.429. The van der Waals surface area contributed by atoms with Crippen LogP contribution in [0.15, 0.2) is 10.9 Å². The van der Waals surface area contributed by atoms with Gasteiger partial charge in [-0.15, -0.1) is 0 Å². The molecule has 0 aliphatic heterocycles. The third-order valence-corrected chi connectivity index (χ3v) is 3.47. The molecule has 8 heteroatoms. The third-order valence-electron chi connectivity index (χ3n) is 3.47. The molecule has 8 nitrogen and oxygen atoms in total. The van der Waals surface area contributed by atoms with Crippen LogP contribution in [0.25, 0.3) is 5.65 Å². The molecule has 1 amide bonds. The zero-order valence-corrected chi connectivity index (χ0v) is 12.9. The molecule has 2 aromatic rings. The summed E-state index contributed by atoms with van der Waals surface area (Å²) in [5.74, 6) is -0.829. The van der Waals surface area contributed by atoms with Crippen LogP contribution in [-0.2, 0) is 20.7 Å². The number of aromatic amines is 1. The van der Waals surface area contributed by atoms with Gasteiger partial charge in [0.2, 0.25) is 5.91 Å². The number of esters is 1. The zero-order chi connectivity index (χ0) is 16.4. The van der Waals surface area contributed by atoms with Crippen molar-refractivity contribution in [2.75, 3.05) is 7.11 Å². The van der Waals surface area contributed by atoms with E-state index in [0.29, 0.717) is 16.9 Å². The van der Waals surface area contributed by atoms with Crippen molar-refractivity contribution in [3.63, 3.8) is 0 Å². The fourth-order valence-electron chi connectivity index (χ4n) is 2.30. The molecule has 0 saturated heterocycles. The van der Waals surface area contributed by atoms with Crippen molar-refractivity contribution in [3.05, 3.63) is 33.4 Å². The minimum absolute atomic E-state index is 0.0577. The third kappa shape index (κ3) is 3.00. The molecule has 0 aromatic carbocycles. The molecule has 0 aliphatic rings. The summed E-state index contributed by atoms with van der Waals surface area (Å²) in [5.41, 5.74) is 2.35. The van der Waals surface area contributed by atoms with Crippen molar-refractivity contribution in [2.45, 2.75) is 33.2 Å². The number of rotatable bonds is 4. The predicted octanol–water partition coefficient (Wildman–Crippen LogP) is -0.140. The maximum atomic E-state index is 12.1. The molecule has 1 atom stereocenters. The van der Waals surface area contributed by atoms with Crippen LogP contribution in [0.4, 0.5) is 0 Å². The Hall–Kier alpha value is -2.64. The van der Waals surface area contributed by atoms with Crippen LogP contribution in [0.5, 0.6) is 0 Å². The van der Waals surface area contributed by atoms with E-state index in [9.17, 15) is 14.4 Å². The van der Waals surface area contributed by atoms with Crippen LogP contribution < -0.4 is 10.9 Å². The van der Waals surface area contributed by atoms with Gasteiger partial charge >= 0.3 is 5.97 Å². The highest BCUT2D eigenvalue weighted by Crippen LogP contribution is 2.13. The van der Waals surface area contributed by atoms with Crippen molar-refractivity contribution in [1.29, 1.82) is 0 Å². The quantitative estimate of drug-likeness (QED) is 0.765. The molecule has 0 aliphatic carbocycles. The molecule has 0 bridgehead atoms. The Balaban J connectivity index is 2.26. The number of methoxy groups -OCH3 is 1. The van der Waals surface area contributed by atoms with Gasteiger partial charge in [0.1, 0.15) is 6.04 Å². The Morgan fingerprint density at radius 2 is 2.14 bits per heavy atom. The number of carbonyl (C=O) groups excluding carboxylic acids is 2. The van der Waals surface area contributed by atoms with Crippen LogP contribution >= 0.6 is 0 Å². The number of nitrogens with zero attached hydrogens (tertiary/aromatic N) is 2. The standard InChI is InChI=1S/C14H18N4O4/c1-7-10(5-12(19)16-8(2)14(21)22-4)9(3)18-11(15-7)6-13(20)17-18/h6,8H,5H2,1-4H3,(H,16,19)(H,17,20)/t8-/m0/s1. The van der Waals surface area contributed by atoms with E-state index in [-0.39, 0.29) is 17.9 Å². The zero-order valence-electron chi connectivity index (χ0n) is 12.9. The lowest BCUT2D eigenvalue weighted by atomic mass is 10.1. The molecule has 0 unspecified atom stereocenters. The smallest absolute Gasteiger partial charge is 0.328 e. The number of amides is 1. The number of aromatic nitrogens is 3. The van der Waals surface area contributed by atoms with E-state index in [0.717, 1.165) is 5.69 Å². The van der Waals surface area contributed by atoms with Gasteiger partial charge in [-0.05, 0) is 20.8 Å². The molecule has 2 aromatic heterocycles. The molecule has 2 rings (SSSR count). The summed E-state index contributed by atoms with van der Waals surface area (Å²) in [6.45, 7) is 5.12. The first-order valence-electron chi connectivity index (χ1n) is 6.78. The van der Waals surface area contributed by atoms with E-state index in [1.807, 2.05) is 0 Å². The Bertz CT molecular complexity index is 790. The van der Waals surface area contributed by atoms with Crippen LogP contribution in [0.3, 0.4) is 0 Å². The number of carbonyl (C=O) groups is 2.